The molecule has 0 aliphatic heterocycles. The maximum absolute atomic E-state index is 11.9. The molecule has 0 spiro atoms. The number of hydrogen-bond acceptors (Lipinski definition) is 6. The van der Waals surface area contributed by atoms with Gasteiger partial charge in [-0.05, 0) is 30.2 Å². The minimum Gasteiger partial charge on any atom is -0.480 e. The standard InChI is InChI=1S/C15H21NO4.C5H14BNO2/c1-11(2)9-13(14(17)18)16(3)15(19)20-10-12-7-5-4-6-8-12;1-4(2)3-5(7)9-6-8/h4-8,11,13H,9-10H2,1-3H3,(H,17,18);4-6,8H,3,7H2,1-2H3/t13-;5-/m01/s1. The van der Waals surface area contributed by atoms with Crippen molar-refractivity contribution in [1.82, 2.24) is 4.90 Å². The van der Waals surface area contributed by atoms with E-state index in [0.717, 1.165) is 16.9 Å². The van der Waals surface area contributed by atoms with E-state index in [9.17, 15) is 14.7 Å². The Balaban J connectivity index is 0.000000734. The van der Waals surface area contributed by atoms with Gasteiger partial charge in [-0.2, -0.15) is 0 Å². The van der Waals surface area contributed by atoms with Gasteiger partial charge in [-0.25, -0.2) is 9.59 Å². The lowest BCUT2D eigenvalue weighted by Crippen LogP contribution is -2.43. The van der Waals surface area contributed by atoms with Crippen molar-refractivity contribution in [1.29, 1.82) is 0 Å². The lowest BCUT2D eigenvalue weighted by atomic mass is 10.0. The van der Waals surface area contributed by atoms with E-state index in [4.69, 9.17) is 15.5 Å². The molecule has 29 heavy (non-hydrogen) atoms. The highest BCUT2D eigenvalue weighted by molar-refractivity contribution is 6.15. The van der Waals surface area contributed by atoms with Gasteiger partial charge in [-0.1, -0.05) is 58.0 Å². The minimum atomic E-state index is -1.02. The fourth-order valence-electron chi connectivity index (χ4n) is 2.45. The zero-order chi connectivity index (χ0) is 22.4. The number of carboxylic acid groups (broad SMARTS) is 1. The van der Waals surface area contributed by atoms with E-state index in [1.807, 2.05) is 44.2 Å². The predicted octanol–water partition coefficient (Wildman–Crippen LogP) is 2.35. The van der Waals surface area contributed by atoms with Crippen molar-refractivity contribution in [2.45, 2.75) is 59.4 Å². The molecule has 1 aromatic rings. The van der Waals surface area contributed by atoms with Crippen molar-refractivity contribution in [3.05, 3.63) is 35.9 Å². The summed E-state index contributed by atoms with van der Waals surface area (Å²) in [6.07, 6.45) is 0.254. The van der Waals surface area contributed by atoms with Crippen LogP contribution in [-0.2, 0) is 20.8 Å². The van der Waals surface area contributed by atoms with Gasteiger partial charge in [-0.3, -0.25) is 4.90 Å². The van der Waals surface area contributed by atoms with E-state index in [2.05, 4.69) is 18.5 Å². The topological polar surface area (TPSA) is 122 Å². The monoisotopic (exact) mass is 410 g/mol. The van der Waals surface area contributed by atoms with Gasteiger partial charge in [0.1, 0.15) is 12.6 Å². The molecule has 0 radical (unpaired) electrons. The van der Waals surface area contributed by atoms with Gasteiger partial charge in [-0.15, -0.1) is 0 Å². The van der Waals surface area contributed by atoms with E-state index in [0.29, 0.717) is 12.3 Å². The van der Waals surface area contributed by atoms with Crippen molar-refractivity contribution >= 4 is 19.7 Å². The van der Waals surface area contributed by atoms with Crippen LogP contribution in [0.3, 0.4) is 0 Å². The molecule has 0 saturated carbocycles. The molecular formula is C20H35BN2O6. The second-order valence-corrected chi connectivity index (χ2v) is 7.60. The molecule has 1 amide bonds. The van der Waals surface area contributed by atoms with E-state index in [1.54, 1.807) is 0 Å². The number of carbonyl (C=O) groups is 2. The number of benzene rings is 1. The van der Waals surface area contributed by atoms with Gasteiger partial charge in [0, 0.05) is 7.05 Å². The molecular weight excluding hydrogens is 375 g/mol. The summed E-state index contributed by atoms with van der Waals surface area (Å²) in [7, 11) is 1.17. The molecule has 0 fully saturated rings. The van der Waals surface area contributed by atoms with Crippen molar-refractivity contribution in [2.24, 2.45) is 17.6 Å². The first-order chi connectivity index (χ1) is 13.6. The second-order valence-electron chi connectivity index (χ2n) is 7.60. The van der Waals surface area contributed by atoms with Crippen LogP contribution in [0.5, 0.6) is 0 Å². The number of ether oxygens (including phenoxy) is 1. The average Bonchev–Trinajstić information content (AvgIpc) is 2.64. The highest BCUT2D eigenvalue weighted by Gasteiger charge is 2.28. The summed E-state index contributed by atoms with van der Waals surface area (Å²) in [5, 5.41) is 17.4. The number of likely N-dealkylation sites (N-methyl/N-ethyl adjacent to an activating group) is 1. The van der Waals surface area contributed by atoms with Crippen molar-refractivity contribution in [3.63, 3.8) is 0 Å². The van der Waals surface area contributed by atoms with E-state index >= 15 is 0 Å². The second kappa shape index (κ2) is 14.8. The third-order valence-electron chi connectivity index (χ3n) is 3.93. The number of aliphatic carboxylic acids is 1. The van der Waals surface area contributed by atoms with Gasteiger partial charge in [0.15, 0.2) is 0 Å². The summed E-state index contributed by atoms with van der Waals surface area (Å²) in [4.78, 5) is 24.2. The Morgan fingerprint density at radius 3 is 2.10 bits per heavy atom. The number of amides is 1. The summed E-state index contributed by atoms with van der Waals surface area (Å²) >= 11 is 0. The van der Waals surface area contributed by atoms with Gasteiger partial charge in [0.2, 0.25) is 0 Å². The molecule has 0 aromatic heterocycles. The van der Waals surface area contributed by atoms with Gasteiger partial charge in [0.25, 0.3) is 0 Å². The molecule has 2 atom stereocenters. The van der Waals surface area contributed by atoms with Crippen LogP contribution in [0, 0.1) is 11.8 Å². The van der Waals surface area contributed by atoms with Crippen LogP contribution in [0.25, 0.3) is 0 Å². The molecule has 9 heteroatoms. The van der Waals surface area contributed by atoms with Gasteiger partial charge >= 0.3 is 19.7 Å². The first-order valence-corrected chi connectivity index (χ1v) is 9.72. The maximum Gasteiger partial charge on any atom is 0.436 e. The Bertz CT molecular complexity index is 586. The molecule has 0 heterocycles. The largest absolute Gasteiger partial charge is 0.480 e. The van der Waals surface area contributed by atoms with Crippen LogP contribution >= 0.6 is 0 Å². The van der Waals surface area contributed by atoms with Crippen LogP contribution in [0.1, 0.15) is 46.1 Å². The molecule has 8 nitrogen and oxygen atoms in total. The Hall–Kier alpha value is -2.10. The molecule has 4 N–H and O–H groups in total. The van der Waals surface area contributed by atoms with E-state index in [1.165, 1.54) is 7.05 Å². The minimum absolute atomic E-state index is 0.137. The first kappa shape index (κ1) is 26.9. The number of hydrogen-bond donors (Lipinski definition) is 3. The predicted molar refractivity (Wildman–Crippen MR) is 113 cm³/mol. The van der Waals surface area contributed by atoms with Crippen LogP contribution in [0.4, 0.5) is 4.79 Å². The zero-order valence-electron chi connectivity index (χ0n) is 18.1. The third kappa shape index (κ3) is 12.9. The fraction of sp³-hybridized carbons (Fsp3) is 0.600. The van der Waals surface area contributed by atoms with Crippen molar-refractivity contribution in [2.75, 3.05) is 7.05 Å². The number of carboxylic acids is 1. The summed E-state index contributed by atoms with van der Waals surface area (Å²) in [5.74, 6) is -0.315. The quantitative estimate of drug-likeness (QED) is 0.400. The molecule has 0 aliphatic carbocycles. The number of rotatable bonds is 10. The molecule has 1 rings (SSSR count). The average molecular weight is 410 g/mol. The third-order valence-corrected chi connectivity index (χ3v) is 3.93. The highest BCUT2D eigenvalue weighted by atomic mass is 16.6. The van der Waals surface area contributed by atoms with Gasteiger partial charge < -0.3 is 25.3 Å². The number of nitrogens with zero attached hydrogens (tertiary/aromatic N) is 1. The lowest BCUT2D eigenvalue weighted by Gasteiger charge is -2.25. The highest BCUT2D eigenvalue weighted by Crippen LogP contribution is 2.12. The maximum atomic E-state index is 11.9. The van der Waals surface area contributed by atoms with Gasteiger partial charge in [0.05, 0.1) is 6.23 Å². The summed E-state index contributed by atoms with van der Waals surface area (Å²) in [5.41, 5.74) is 6.27. The van der Waals surface area contributed by atoms with Crippen LogP contribution in [0.2, 0.25) is 0 Å². The normalized spacial score (nSPS) is 12.6. The first-order valence-electron chi connectivity index (χ1n) is 9.72. The van der Waals surface area contributed by atoms with Crippen molar-refractivity contribution in [3.8, 4) is 0 Å². The summed E-state index contributed by atoms with van der Waals surface area (Å²) in [6, 6.07) is 8.41. The lowest BCUT2D eigenvalue weighted by molar-refractivity contribution is -0.142. The number of nitrogens with two attached hydrogens (primary N) is 1. The number of carbonyl (C=O) groups excluding carboxylic acids is 1. The zero-order valence-corrected chi connectivity index (χ0v) is 18.1. The summed E-state index contributed by atoms with van der Waals surface area (Å²) in [6.45, 7) is 8.08. The van der Waals surface area contributed by atoms with Crippen LogP contribution in [0.15, 0.2) is 30.3 Å². The molecule has 0 bridgehead atoms. The Kier molecular flexibility index (Phi) is 13.8. The Morgan fingerprint density at radius 2 is 1.66 bits per heavy atom. The molecule has 164 valence electrons. The molecule has 0 aliphatic rings. The van der Waals surface area contributed by atoms with Crippen LogP contribution in [-0.4, -0.2) is 54.1 Å². The summed E-state index contributed by atoms with van der Waals surface area (Å²) < 4.78 is 9.81. The smallest absolute Gasteiger partial charge is 0.436 e. The molecule has 0 unspecified atom stereocenters. The fourth-order valence-corrected chi connectivity index (χ4v) is 2.45. The van der Waals surface area contributed by atoms with Crippen molar-refractivity contribution < 1.29 is 29.1 Å². The molecule has 0 saturated heterocycles. The van der Waals surface area contributed by atoms with E-state index < -0.39 is 18.1 Å². The SMILES string of the molecule is CC(C)C[C@@H](C(=O)O)N(C)C(=O)OCc1ccccc1.CC(C)C[C@H](N)OBO. The molecule has 1 aromatic carbocycles. The Labute approximate surface area is 174 Å². The Morgan fingerprint density at radius 1 is 1.10 bits per heavy atom. The van der Waals surface area contributed by atoms with E-state index in [-0.39, 0.29) is 26.4 Å². The van der Waals surface area contributed by atoms with Crippen LogP contribution < -0.4 is 5.73 Å².